The van der Waals surface area contributed by atoms with Gasteiger partial charge in [-0.05, 0) is 48.0 Å². The van der Waals surface area contributed by atoms with Crippen LogP contribution in [0.5, 0.6) is 5.75 Å². The van der Waals surface area contributed by atoms with E-state index in [4.69, 9.17) is 4.74 Å². The summed E-state index contributed by atoms with van der Waals surface area (Å²) >= 11 is 0. The number of halogens is 1. The Balaban J connectivity index is 1.66. The number of sulfonamides is 1. The smallest absolute Gasteiger partial charge is 0.255 e. The molecule has 0 unspecified atom stereocenters. The van der Waals surface area contributed by atoms with Gasteiger partial charge in [-0.25, -0.2) is 12.8 Å². The molecule has 3 rings (SSSR count). The molecule has 0 aromatic heterocycles. The summed E-state index contributed by atoms with van der Waals surface area (Å²) in [5.41, 5.74) is 1.94. The van der Waals surface area contributed by atoms with E-state index >= 15 is 0 Å². The third kappa shape index (κ3) is 6.32. The molecule has 1 amide bonds. The first-order chi connectivity index (χ1) is 13.8. The SMILES string of the molecule is CS(=O)(=O)Nc1cccc(C(=O)Nc2cccc(OCc3ccc(F)cc3)c2)c1. The maximum absolute atomic E-state index is 13.0. The highest BCUT2D eigenvalue weighted by atomic mass is 32.2. The van der Waals surface area contributed by atoms with Gasteiger partial charge in [0.05, 0.1) is 6.26 Å². The van der Waals surface area contributed by atoms with Gasteiger partial charge in [0.1, 0.15) is 18.2 Å². The van der Waals surface area contributed by atoms with Gasteiger partial charge in [0.15, 0.2) is 0 Å². The fraction of sp³-hybridized carbons (Fsp3) is 0.0952. The third-order valence-corrected chi connectivity index (χ3v) is 4.45. The maximum Gasteiger partial charge on any atom is 0.255 e. The number of hydrogen-bond donors (Lipinski definition) is 2. The molecule has 29 heavy (non-hydrogen) atoms. The first-order valence-corrected chi connectivity index (χ1v) is 10.5. The molecule has 3 aromatic carbocycles. The van der Waals surface area contributed by atoms with Crippen LogP contribution in [0.25, 0.3) is 0 Å². The molecule has 0 heterocycles. The summed E-state index contributed by atoms with van der Waals surface area (Å²) in [5, 5.41) is 2.75. The molecule has 0 aliphatic carbocycles. The molecule has 0 atom stereocenters. The van der Waals surface area contributed by atoms with Crippen molar-refractivity contribution in [2.45, 2.75) is 6.61 Å². The zero-order valence-electron chi connectivity index (χ0n) is 15.6. The fourth-order valence-corrected chi connectivity index (χ4v) is 3.11. The molecular formula is C21H19FN2O4S. The summed E-state index contributed by atoms with van der Waals surface area (Å²) < 4.78 is 43.7. The van der Waals surface area contributed by atoms with E-state index in [-0.39, 0.29) is 12.4 Å². The van der Waals surface area contributed by atoms with Gasteiger partial charge in [-0.2, -0.15) is 0 Å². The molecule has 6 nitrogen and oxygen atoms in total. The Hall–Kier alpha value is -3.39. The van der Waals surface area contributed by atoms with Gasteiger partial charge in [-0.3, -0.25) is 9.52 Å². The Bertz CT molecular complexity index is 1120. The molecule has 0 radical (unpaired) electrons. The lowest BCUT2D eigenvalue weighted by molar-refractivity contribution is 0.102. The lowest BCUT2D eigenvalue weighted by Crippen LogP contribution is -2.14. The van der Waals surface area contributed by atoms with Gasteiger partial charge in [0.2, 0.25) is 10.0 Å². The average Bonchev–Trinajstić information content (AvgIpc) is 2.67. The quantitative estimate of drug-likeness (QED) is 0.611. The molecule has 0 spiro atoms. The molecule has 0 fully saturated rings. The number of rotatable bonds is 7. The van der Waals surface area contributed by atoms with Crippen LogP contribution in [0, 0.1) is 5.82 Å². The minimum atomic E-state index is -3.43. The zero-order chi connectivity index (χ0) is 20.9. The van der Waals surface area contributed by atoms with Gasteiger partial charge in [0, 0.05) is 23.0 Å². The van der Waals surface area contributed by atoms with E-state index in [1.165, 1.54) is 18.2 Å². The second-order valence-corrected chi connectivity index (χ2v) is 8.10. The van der Waals surface area contributed by atoms with Crippen molar-refractivity contribution in [1.82, 2.24) is 0 Å². The highest BCUT2D eigenvalue weighted by Gasteiger charge is 2.09. The van der Waals surface area contributed by atoms with Gasteiger partial charge in [-0.1, -0.05) is 24.3 Å². The normalized spacial score (nSPS) is 11.0. The summed E-state index contributed by atoms with van der Waals surface area (Å²) in [5.74, 6) is -0.160. The number of anilines is 2. The van der Waals surface area contributed by atoms with Gasteiger partial charge in [0.25, 0.3) is 5.91 Å². The summed E-state index contributed by atoms with van der Waals surface area (Å²) in [6, 6.07) is 19.0. The Labute approximate surface area is 168 Å². The topological polar surface area (TPSA) is 84.5 Å². The number of benzene rings is 3. The van der Waals surface area contributed by atoms with Crippen molar-refractivity contribution in [2.75, 3.05) is 16.3 Å². The summed E-state index contributed by atoms with van der Waals surface area (Å²) in [4.78, 5) is 12.5. The molecule has 0 saturated heterocycles. The van der Waals surface area contributed by atoms with Crippen molar-refractivity contribution in [3.05, 3.63) is 89.7 Å². The highest BCUT2D eigenvalue weighted by molar-refractivity contribution is 7.92. The highest BCUT2D eigenvalue weighted by Crippen LogP contribution is 2.20. The van der Waals surface area contributed by atoms with Crippen molar-refractivity contribution in [3.63, 3.8) is 0 Å². The van der Waals surface area contributed by atoms with Crippen LogP contribution in [-0.4, -0.2) is 20.6 Å². The Kier molecular flexibility index (Phi) is 6.13. The van der Waals surface area contributed by atoms with E-state index < -0.39 is 15.9 Å². The molecule has 0 aliphatic rings. The number of hydrogen-bond acceptors (Lipinski definition) is 4. The first kappa shape index (κ1) is 20.3. The van der Waals surface area contributed by atoms with E-state index in [1.807, 2.05) is 0 Å². The van der Waals surface area contributed by atoms with E-state index in [2.05, 4.69) is 10.0 Å². The second-order valence-electron chi connectivity index (χ2n) is 6.35. The molecular weight excluding hydrogens is 395 g/mol. The van der Waals surface area contributed by atoms with Crippen LogP contribution in [0.1, 0.15) is 15.9 Å². The number of carbonyl (C=O) groups excluding carboxylic acids is 1. The van der Waals surface area contributed by atoms with E-state index in [9.17, 15) is 17.6 Å². The van der Waals surface area contributed by atoms with Crippen LogP contribution in [0.2, 0.25) is 0 Å². The molecule has 0 saturated carbocycles. The van der Waals surface area contributed by atoms with Crippen molar-refractivity contribution >= 4 is 27.3 Å². The van der Waals surface area contributed by atoms with Crippen LogP contribution in [0.3, 0.4) is 0 Å². The molecule has 0 bridgehead atoms. The Morgan fingerprint density at radius 3 is 2.38 bits per heavy atom. The van der Waals surface area contributed by atoms with Crippen LogP contribution >= 0.6 is 0 Å². The minimum absolute atomic E-state index is 0.261. The van der Waals surface area contributed by atoms with Crippen LogP contribution in [-0.2, 0) is 16.6 Å². The molecule has 3 aromatic rings. The predicted molar refractivity (Wildman–Crippen MR) is 110 cm³/mol. The Morgan fingerprint density at radius 1 is 0.966 bits per heavy atom. The van der Waals surface area contributed by atoms with Crippen molar-refractivity contribution in [1.29, 1.82) is 0 Å². The zero-order valence-corrected chi connectivity index (χ0v) is 16.4. The molecule has 0 aliphatic heterocycles. The summed E-state index contributed by atoms with van der Waals surface area (Å²) in [6.45, 7) is 0.261. The maximum atomic E-state index is 13.0. The largest absolute Gasteiger partial charge is 0.489 e. The third-order valence-electron chi connectivity index (χ3n) is 3.84. The van der Waals surface area contributed by atoms with Crippen LogP contribution < -0.4 is 14.8 Å². The fourth-order valence-electron chi connectivity index (χ4n) is 2.55. The van der Waals surface area contributed by atoms with Crippen LogP contribution in [0.4, 0.5) is 15.8 Å². The molecule has 8 heteroatoms. The van der Waals surface area contributed by atoms with Crippen molar-refractivity contribution < 1.29 is 22.3 Å². The number of carbonyl (C=O) groups is 1. The minimum Gasteiger partial charge on any atom is -0.489 e. The first-order valence-electron chi connectivity index (χ1n) is 8.65. The number of amides is 1. The lowest BCUT2D eigenvalue weighted by atomic mass is 10.2. The predicted octanol–water partition coefficient (Wildman–Crippen LogP) is 4.03. The molecule has 2 N–H and O–H groups in total. The van der Waals surface area contributed by atoms with Crippen molar-refractivity contribution in [3.8, 4) is 5.75 Å². The van der Waals surface area contributed by atoms with Crippen molar-refractivity contribution in [2.24, 2.45) is 0 Å². The number of nitrogens with one attached hydrogen (secondary N) is 2. The summed E-state index contributed by atoms with van der Waals surface area (Å²) in [6.07, 6.45) is 1.04. The van der Waals surface area contributed by atoms with Gasteiger partial charge < -0.3 is 10.1 Å². The van der Waals surface area contributed by atoms with Gasteiger partial charge >= 0.3 is 0 Å². The summed E-state index contributed by atoms with van der Waals surface area (Å²) in [7, 11) is -3.43. The lowest BCUT2D eigenvalue weighted by Gasteiger charge is -2.10. The van der Waals surface area contributed by atoms with E-state index in [0.717, 1.165) is 11.8 Å². The average molecular weight is 414 g/mol. The monoisotopic (exact) mass is 414 g/mol. The van der Waals surface area contributed by atoms with E-state index in [0.29, 0.717) is 22.7 Å². The molecule has 150 valence electrons. The second kappa shape index (κ2) is 8.74. The van der Waals surface area contributed by atoms with E-state index in [1.54, 1.807) is 54.6 Å². The van der Waals surface area contributed by atoms with Crippen LogP contribution in [0.15, 0.2) is 72.8 Å². The number of ether oxygens (including phenoxy) is 1. The Morgan fingerprint density at radius 2 is 1.66 bits per heavy atom. The standard InChI is InChI=1S/C21H19FN2O4S/c1-29(26,27)24-19-6-2-4-16(12-19)21(25)23-18-5-3-7-20(13-18)28-14-15-8-10-17(22)11-9-15/h2-13,24H,14H2,1H3,(H,23,25). The van der Waals surface area contributed by atoms with Gasteiger partial charge in [-0.15, -0.1) is 0 Å².